The van der Waals surface area contributed by atoms with Crippen LogP contribution < -0.4 is 11.5 Å². The second-order valence-electron chi connectivity index (χ2n) is 1.62. The highest BCUT2D eigenvalue weighted by Crippen LogP contribution is 2.07. The Morgan fingerprint density at radius 1 is 1.75 bits per heavy atom. The molecule has 0 amide bonds. The summed E-state index contributed by atoms with van der Waals surface area (Å²) in [5.74, 6) is 0.140. The quantitative estimate of drug-likeness (QED) is 0.576. The van der Waals surface area contributed by atoms with Gasteiger partial charge in [0.15, 0.2) is 0 Å². The van der Waals surface area contributed by atoms with E-state index < -0.39 is 0 Å². The van der Waals surface area contributed by atoms with Gasteiger partial charge in [0.2, 0.25) is 0 Å². The number of hydrogen-bond acceptors (Lipinski definition) is 2. The smallest absolute Gasteiger partial charge is 0.0793 e. The van der Waals surface area contributed by atoms with Crippen molar-refractivity contribution in [2.75, 3.05) is 5.88 Å². The second-order valence-corrected chi connectivity index (χ2v) is 2.82. The lowest BCUT2D eigenvalue weighted by Gasteiger charge is -2.04. The van der Waals surface area contributed by atoms with E-state index >= 15 is 0 Å². The highest BCUT2D eigenvalue weighted by Gasteiger charge is 1.97. The maximum Gasteiger partial charge on any atom is 0.0793 e. The van der Waals surface area contributed by atoms with Gasteiger partial charge in [-0.25, -0.2) is 0 Å². The van der Waals surface area contributed by atoms with E-state index in [1.165, 1.54) is 11.8 Å². The van der Waals surface area contributed by atoms with Gasteiger partial charge in [-0.05, 0) is 6.42 Å². The molecule has 0 aliphatic heterocycles. The molecule has 8 heavy (non-hydrogen) atoms. The van der Waals surface area contributed by atoms with Gasteiger partial charge >= 0.3 is 0 Å². The van der Waals surface area contributed by atoms with E-state index in [0.29, 0.717) is 0 Å². The Morgan fingerprint density at radius 2 is 2.38 bits per heavy atom. The lowest BCUT2D eigenvalue weighted by molar-refractivity contribution is 0.764. The number of nitrogens with two attached hydrogens (primary N) is 1. The average Bonchev–Trinajstić information content (AvgIpc) is 1.68. The zero-order chi connectivity index (χ0) is 6.41. The summed E-state index contributed by atoms with van der Waals surface area (Å²) in [4.78, 5) is 0. The van der Waals surface area contributed by atoms with Crippen LogP contribution in [0.2, 0.25) is 0 Å². The summed E-state index contributed by atoms with van der Waals surface area (Å²) >= 11 is 1.39. The summed E-state index contributed by atoms with van der Waals surface area (Å²) in [6.07, 6.45) is 2.08. The summed E-state index contributed by atoms with van der Waals surface area (Å²) < 4.78 is 0. The average molecular weight is 132 g/mol. The van der Waals surface area contributed by atoms with Crippen molar-refractivity contribution < 1.29 is 0 Å². The van der Waals surface area contributed by atoms with Crippen LogP contribution in [0.25, 0.3) is 0 Å². The highest BCUT2D eigenvalue weighted by molar-refractivity contribution is 7.99. The van der Waals surface area contributed by atoms with Gasteiger partial charge in [0, 0.05) is 0 Å². The van der Waals surface area contributed by atoms with E-state index in [1.54, 1.807) is 0 Å². The molecule has 0 spiro atoms. The molecule has 0 fully saturated rings. The van der Waals surface area contributed by atoms with Crippen LogP contribution in [0.4, 0.5) is 0 Å². The van der Waals surface area contributed by atoms with Crippen LogP contribution in [-0.4, -0.2) is 11.3 Å². The first kappa shape index (κ1) is 8.27. The summed E-state index contributed by atoms with van der Waals surface area (Å²) in [7, 11) is 0. The van der Waals surface area contributed by atoms with Gasteiger partial charge in [-0.1, -0.05) is 13.3 Å². The minimum atomic E-state index is 0.130. The molecule has 0 bridgehead atoms. The monoisotopic (exact) mass is 132 g/mol. The Bertz CT molecular complexity index is 43.7. The van der Waals surface area contributed by atoms with Crippen LogP contribution in [-0.2, 0) is 0 Å². The van der Waals surface area contributed by atoms with Crippen LogP contribution in [0.5, 0.6) is 0 Å². The van der Waals surface area contributed by atoms with Crippen molar-refractivity contribution in [2.24, 2.45) is 5.73 Å². The molecule has 0 aromatic carbocycles. The Kier molecular flexibility index (Phi) is 5.59. The summed E-state index contributed by atoms with van der Waals surface area (Å²) in [6, 6.07) is 0. The van der Waals surface area contributed by atoms with Gasteiger partial charge in [-0.15, -0.1) is 17.5 Å². The minimum absolute atomic E-state index is 0.130. The Morgan fingerprint density at radius 3 is 2.75 bits per heavy atom. The molecule has 0 rings (SSSR count). The van der Waals surface area contributed by atoms with Crippen LogP contribution in [0, 0.1) is 0 Å². The fourth-order valence-corrected chi connectivity index (χ4v) is 1.06. The normalized spacial score (nSPS) is 13.9. The third-order valence-corrected chi connectivity index (χ3v) is 1.67. The van der Waals surface area contributed by atoms with Crippen LogP contribution in [0.1, 0.15) is 19.8 Å². The number of hydrogen-bond donors (Lipinski definition) is 1. The van der Waals surface area contributed by atoms with Crippen LogP contribution in [0.3, 0.4) is 0 Å². The minimum Gasteiger partial charge on any atom is -0.319 e. The van der Waals surface area contributed by atoms with Crippen molar-refractivity contribution in [1.82, 2.24) is 5.73 Å². The molecule has 48 valence electrons. The zero-order valence-electron chi connectivity index (χ0n) is 5.13. The predicted octanol–water partition coefficient (Wildman–Crippen LogP) is 0.831. The van der Waals surface area contributed by atoms with Gasteiger partial charge in [0.25, 0.3) is 0 Å². The molecule has 0 aromatic heterocycles. The summed E-state index contributed by atoms with van der Waals surface area (Å²) in [6.45, 7) is 2.08. The van der Waals surface area contributed by atoms with E-state index in [9.17, 15) is 0 Å². The van der Waals surface area contributed by atoms with Crippen LogP contribution >= 0.6 is 11.8 Å². The third kappa shape index (κ3) is 4.43. The summed E-state index contributed by atoms with van der Waals surface area (Å²) in [5, 5.41) is 0.130. The van der Waals surface area contributed by atoms with Gasteiger partial charge < -0.3 is 5.73 Å². The Hall–Kier alpha value is 0.270. The standard InChI is InChI=1S/C5H12N2S/c1-2-3-5(7)8-4-6/h5H,2-4,7H2,1H3. The first-order valence-electron chi connectivity index (χ1n) is 2.79. The van der Waals surface area contributed by atoms with Crippen molar-refractivity contribution in [3.8, 4) is 0 Å². The van der Waals surface area contributed by atoms with Gasteiger partial charge in [0.05, 0.1) is 11.3 Å². The van der Waals surface area contributed by atoms with Crippen molar-refractivity contribution in [2.45, 2.75) is 25.1 Å². The molecule has 0 aromatic rings. The summed E-state index contributed by atoms with van der Waals surface area (Å²) in [5.41, 5.74) is 13.8. The number of thioether (sulfide) groups is 1. The molecule has 0 aliphatic rings. The molecule has 0 aliphatic carbocycles. The van der Waals surface area contributed by atoms with E-state index in [2.05, 4.69) is 6.92 Å². The molecule has 0 saturated heterocycles. The molecule has 1 unspecified atom stereocenters. The Balaban J connectivity index is 2.92. The SMILES string of the molecule is CCCC(N)SC[N]. The molecule has 1 atom stereocenters. The highest BCUT2D eigenvalue weighted by atomic mass is 32.2. The largest absolute Gasteiger partial charge is 0.319 e. The van der Waals surface area contributed by atoms with E-state index in [4.69, 9.17) is 11.5 Å². The molecule has 2 radical (unpaired) electrons. The molecule has 3 heteroatoms. The maximum absolute atomic E-state index is 8.35. The van der Waals surface area contributed by atoms with Crippen molar-refractivity contribution >= 4 is 11.8 Å². The lowest BCUT2D eigenvalue weighted by Crippen LogP contribution is -2.15. The fraction of sp³-hybridized carbons (Fsp3) is 1.00. The van der Waals surface area contributed by atoms with Gasteiger partial charge in [-0.2, -0.15) is 0 Å². The zero-order valence-corrected chi connectivity index (χ0v) is 5.95. The van der Waals surface area contributed by atoms with E-state index in [1.807, 2.05) is 0 Å². The van der Waals surface area contributed by atoms with Crippen molar-refractivity contribution in [3.63, 3.8) is 0 Å². The van der Waals surface area contributed by atoms with Crippen LogP contribution in [0.15, 0.2) is 0 Å². The molecule has 2 nitrogen and oxygen atoms in total. The lowest BCUT2D eigenvalue weighted by atomic mass is 10.3. The molecule has 0 saturated carbocycles. The number of nitrogens with zero attached hydrogens (tertiary/aromatic N) is 1. The van der Waals surface area contributed by atoms with Crippen molar-refractivity contribution in [3.05, 3.63) is 0 Å². The molecule has 2 N–H and O–H groups in total. The van der Waals surface area contributed by atoms with Gasteiger partial charge in [-0.3, -0.25) is 0 Å². The third-order valence-electron chi connectivity index (χ3n) is 0.862. The fourth-order valence-electron chi connectivity index (χ4n) is 0.464. The second kappa shape index (κ2) is 5.41. The molecule has 0 heterocycles. The topological polar surface area (TPSA) is 48.3 Å². The Labute approximate surface area is 55.0 Å². The maximum atomic E-state index is 8.35. The first-order valence-corrected chi connectivity index (χ1v) is 3.84. The van der Waals surface area contributed by atoms with Crippen molar-refractivity contribution in [1.29, 1.82) is 0 Å². The molecular formula is C5H12N2S. The number of rotatable bonds is 4. The van der Waals surface area contributed by atoms with E-state index in [-0.39, 0.29) is 11.3 Å². The van der Waals surface area contributed by atoms with E-state index in [0.717, 1.165) is 12.8 Å². The van der Waals surface area contributed by atoms with Gasteiger partial charge in [0.1, 0.15) is 0 Å². The molecular weight excluding hydrogens is 120 g/mol. The predicted molar refractivity (Wildman–Crippen MR) is 37.5 cm³/mol. The first-order chi connectivity index (χ1) is 3.81.